The Bertz CT molecular complexity index is 684. The van der Waals surface area contributed by atoms with Gasteiger partial charge < -0.3 is 0 Å². The van der Waals surface area contributed by atoms with Gasteiger partial charge in [0, 0.05) is 0 Å². The van der Waals surface area contributed by atoms with E-state index in [9.17, 15) is 4.39 Å². The summed E-state index contributed by atoms with van der Waals surface area (Å²) in [4.78, 5) is 0. The summed E-state index contributed by atoms with van der Waals surface area (Å²) in [6.07, 6.45) is 0. The van der Waals surface area contributed by atoms with Crippen LogP contribution in [0.1, 0.15) is 38.8 Å². The molecule has 3 aromatic rings. The fraction of sp³-hybridized carbons (Fsp3) is 0.333. The Morgan fingerprint density at radius 1 is 0.591 bits per heavy atom. The van der Waals surface area contributed by atoms with E-state index in [2.05, 4.69) is 62.4 Å². The minimum absolute atomic E-state index is 0.500. The van der Waals surface area contributed by atoms with E-state index >= 15 is 0 Å². The molecule has 0 atom stereocenters. The van der Waals surface area contributed by atoms with E-state index in [0.29, 0.717) is 7.18 Å². The summed E-state index contributed by atoms with van der Waals surface area (Å²) >= 11 is 0. The Morgan fingerprint density at radius 3 is 1.77 bits per heavy atom. The van der Waals surface area contributed by atoms with Crippen LogP contribution in [0.5, 0.6) is 0 Å². The third-order valence-electron chi connectivity index (χ3n) is 3.47. The van der Waals surface area contributed by atoms with Crippen molar-refractivity contribution in [2.75, 3.05) is 7.18 Å². The van der Waals surface area contributed by atoms with Crippen LogP contribution in [0.4, 0.5) is 4.39 Å². The Labute approximate surface area is 135 Å². The van der Waals surface area contributed by atoms with Crippen LogP contribution in [0, 0.1) is 13.8 Å². The summed E-state index contributed by atoms with van der Waals surface area (Å²) in [6, 6.07) is 17.5. The van der Waals surface area contributed by atoms with E-state index in [0.717, 1.165) is 0 Å². The standard InChI is InChI=1S/C16H14.2C2H6.CH3F/c1-11-7-9-16-14(12(11)2)10-8-13-5-3-4-6-15(13)16;3*1-2/h3-10H,1-2H3;2*1-2H3;1H3. The highest BCUT2D eigenvalue weighted by Gasteiger charge is 2.03. The fourth-order valence-electron chi connectivity index (χ4n) is 2.35. The number of alkyl halides is 1. The van der Waals surface area contributed by atoms with Crippen molar-refractivity contribution in [3.8, 4) is 0 Å². The molecular weight excluding hydrogens is 271 g/mol. The summed E-state index contributed by atoms with van der Waals surface area (Å²) in [6.45, 7) is 12.4. The highest BCUT2D eigenvalue weighted by molar-refractivity contribution is 6.08. The molecule has 0 saturated heterocycles. The largest absolute Gasteiger partial charge is 0.255 e. The Hall–Kier alpha value is -1.89. The molecule has 0 fully saturated rings. The molecule has 0 N–H and O–H groups in total. The predicted octanol–water partition coefficient (Wildman–Crippen LogP) is 7.25. The quantitative estimate of drug-likeness (QED) is 0.383. The number of hydrogen-bond acceptors (Lipinski definition) is 0. The second-order valence-electron chi connectivity index (χ2n) is 4.39. The molecule has 0 unspecified atom stereocenters. The van der Waals surface area contributed by atoms with Crippen molar-refractivity contribution in [3.63, 3.8) is 0 Å². The average Bonchev–Trinajstić information content (AvgIpc) is 2.63. The Kier molecular flexibility index (Phi) is 9.86. The number of fused-ring (bicyclic) bond motifs is 3. The second kappa shape index (κ2) is 10.8. The van der Waals surface area contributed by atoms with Crippen molar-refractivity contribution in [1.29, 1.82) is 0 Å². The highest BCUT2D eigenvalue weighted by Crippen LogP contribution is 2.28. The highest BCUT2D eigenvalue weighted by atomic mass is 19.1. The Morgan fingerprint density at radius 2 is 1.14 bits per heavy atom. The minimum atomic E-state index is 0.500. The molecule has 3 aromatic carbocycles. The zero-order valence-corrected chi connectivity index (χ0v) is 15.0. The first-order chi connectivity index (χ1) is 10.8. The lowest BCUT2D eigenvalue weighted by atomic mass is 9.96. The summed E-state index contributed by atoms with van der Waals surface area (Å²) in [5, 5.41) is 5.40. The monoisotopic (exact) mass is 300 g/mol. The molecule has 0 aliphatic carbocycles. The van der Waals surface area contributed by atoms with Crippen LogP contribution in [0.3, 0.4) is 0 Å². The van der Waals surface area contributed by atoms with Crippen molar-refractivity contribution in [1.82, 2.24) is 0 Å². The molecule has 3 rings (SSSR count). The summed E-state index contributed by atoms with van der Waals surface area (Å²) in [7, 11) is 0.500. The van der Waals surface area contributed by atoms with Crippen LogP contribution in [-0.2, 0) is 0 Å². The van der Waals surface area contributed by atoms with E-state index in [1.54, 1.807) is 0 Å². The number of hydrogen-bond donors (Lipinski definition) is 0. The van der Waals surface area contributed by atoms with Gasteiger partial charge in [0.2, 0.25) is 0 Å². The van der Waals surface area contributed by atoms with E-state index in [-0.39, 0.29) is 0 Å². The molecule has 120 valence electrons. The van der Waals surface area contributed by atoms with Gasteiger partial charge in [0.25, 0.3) is 0 Å². The molecule has 1 heteroatoms. The summed E-state index contributed by atoms with van der Waals surface area (Å²) < 4.78 is 9.50. The molecule has 22 heavy (non-hydrogen) atoms. The summed E-state index contributed by atoms with van der Waals surface area (Å²) in [5.74, 6) is 0. The zero-order valence-electron chi connectivity index (χ0n) is 15.0. The average molecular weight is 300 g/mol. The van der Waals surface area contributed by atoms with Gasteiger partial charge in [-0.05, 0) is 46.5 Å². The first-order valence-electron chi connectivity index (χ1n) is 8.03. The van der Waals surface area contributed by atoms with Gasteiger partial charge >= 0.3 is 0 Å². The predicted molar refractivity (Wildman–Crippen MR) is 101 cm³/mol. The Balaban J connectivity index is 0.000000661. The van der Waals surface area contributed by atoms with E-state index in [1.807, 2.05) is 27.7 Å². The third-order valence-corrected chi connectivity index (χ3v) is 3.47. The van der Waals surface area contributed by atoms with Crippen molar-refractivity contribution in [3.05, 3.63) is 59.7 Å². The maximum atomic E-state index is 9.50. The lowest BCUT2D eigenvalue weighted by molar-refractivity contribution is 0.636. The van der Waals surface area contributed by atoms with Crippen LogP contribution in [0.2, 0.25) is 0 Å². The molecule has 0 bridgehead atoms. The molecule has 0 nitrogen and oxygen atoms in total. The maximum absolute atomic E-state index is 9.50. The molecule has 0 aliphatic heterocycles. The second-order valence-corrected chi connectivity index (χ2v) is 4.39. The van der Waals surface area contributed by atoms with Gasteiger partial charge in [-0.15, -0.1) is 0 Å². The van der Waals surface area contributed by atoms with Crippen LogP contribution in [0.15, 0.2) is 48.5 Å². The van der Waals surface area contributed by atoms with Gasteiger partial charge in [-0.2, -0.15) is 0 Å². The summed E-state index contributed by atoms with van der Waals surface area (Å²) in [5.41, 5.74) is 2.76. The minimum Gasteiger partial charge on any atom is -0.255 e. The molecule has 0 aromatic heterocycles. The third kappa shape index (κ3) is 4.30. The van der Waals surface area contributed by atoms with Gasteiger partial charge in [-0.1, -0.05) is 76.2 Å². The maximum Gasteiger partial charge on any atom is 0.0785 e. The first kappa shape index (κ1) is 20.1. The first-order valence-corrected chi connectivity index (χ1v) is 8.03. The van der Waals surface area contributed by atoms with Crippen LogP contribution < -0.4 is 0 Å². The molecule has 0 saturated carbocycles. The van der Waals surface area contributed by atoms with Crippen LogP contribution >= 0.6 is 0 Å². The molecule has 0 amide bonds. The van der Waals surface area contributed by atoms with Crippen molar-refractivity contribution in [2.45, 2.75) is 41.5 Å². The SMILES string of the molecule is CC.CC.CF.Cc1ccc2c(ccc3ccccc32)c1C. The van der Waals surface area contributed by atoms with E-state index < -0.39 is 0 Å². The number of halogens is 1. The molecule has 0 heterocycles. The number of aryl methyl sites for hydroxylation is 2. The van der Waals surface area contributed by atoms with Gasteiger partial charge in [-0.3, -0.25) is 4.39 Å². The van der Waals surface area contributed by atoms with E-state index in [1.165, 1.54) is 32.7 Å². The molecular formula is C21H29F. The van der Waals surface area contributed by atoms with Crippen LogP contribution in [-0.4, -0.2) is 7.18 Å². The zero-order chi connectivity index (χ0) is 17.1. The van der Waals surface area contributed by atoms with Crippen molar-refractivity contribution in [2.24, 2.45) is 0 Å². The molecule has 0 aliphatic rings. The number of benzene rings is 3. The topological polar surface area (TPSA) is 0 Å². The van der Waals surface area contributed by atoms with Gasteiger partial charge in [0.05, 0.1) is 7.18 Å². The van der Waals surface area contributed by atoms with Gasteiger partial charge in [0.1, 0.15) is 0 Å². The lowest BCUT2D eigenvalue weighted by Crippen LogP contribution is -1.84. The van der Waals surface area contributed by atoms with Crippen molar-refractivity contribution >= 4 is 21.5 Å². The molecule has 0 radical (unpaired) electrons. The number of rotatable bonds is 0. The molecule has 0 spiro atoms. The van der Waals surface area contributed by atoms with Gasteiger partial charge in [0.15, 0.2) is 0 Å². The van der Waals surface area contributed by atoms with Crippen LogP contribution in [0.25, 0.3) is 21.5 Å². The smallest absolute Gasteiger partial charge is 0.0785 e. The lowest BCUT2D eigenvalue weighted by Gasteiger charge is -2.08. The fourth-order valence-corrected chi connectivity index (χ4v) is 2.35. The normalized spacial score (nSPS) is 8.91. The van der Waals surface area contributed by atoms with E-state index in [4.69, 9.17) is 0 Å². The van der Waals surface area contributed by atoms with Gasteiger partial charge in [-0.25, -0.2) is 0 Å². The van der Waals surface area contributed by atoms with Crippen molar-refractivity contribution < 1.29 is 4.39 Å².